The number of benzene rings is 5. The van der Waals surface area contributed by atoms with Crippen molar-refractivity contribution in [1.82, 2.24) is 14.7 Å². The third kappa shape index (κ3) is 6.88. The normalized spacial score (nSPS) is 14.8. The second-order valence-electron chi connectivity index (χ2n) is 14.4. The maximum absolute atomic E-state index is 15.4. The van der Waals surface area contributed by atoms with Gasteiger partial charge in [-0.25, -0.2) is 13.9 Å². The highest BCUT2D eigenvalue weighted by Crippen LogP contribution is 2.44. The van der Waals surface area contributed by atoms with Crippen molar-refractivity contribution in [1.29, 1.82) is 5.26 Å². The van der Waals surface area contributed by atoms with Crippen molar-refractivity contribution in [3.8, 4) is 17.2 Å². The van der Waals surface area contributed by atoms with Gasteiger partial charge in [-0.15, -0.1) is 0 Å². The van der Waals surface area contributed by atoms with E-state index in [1.165, 1.54) is 18.2 Å². The Kier molecular flexibility index (Phi) is 9.54. The molecule has 8 nitrogen and oxygen atoms in total. The molecule has 1 atom stereocenters. The van der Waals surface area contributed by atoms with Crippen LogP contribution in [-0.4, -0.2) is 45.4 Å². The molecule has 1 N–H and O–H groups in total. The van der Waals surface area contributed by atoms with Crippen LogP contribution in [0, 0.1) is 23.1 Å². The summed E-state index contributed by atoms with van der Waals surface area (Å²) in [7, 11) is 0. The summed E-state index contributed by atoms with van der Waals surface area (Å²) in [5, 5.41) is 18.6. The quantitative estimate of drug-likeness (QED) is 0.167. The zero-order valence-electron chi connectivity index (χ0n) is 29.9. The molecule has 9 heteroatoms. The third-order valence-electron chi connectivity index (χ3n) is 9.66. The van der Waals surface area contributed by atoms with Gasteiger partial charge >= 0.3 is 6.09 Å². The maximum Gasteiger partial charge on any atom is 0.410 e. The molecule has 2 heterocycles. The molecule has 6 aromatic rings. The van der Waals surface area contributed by atoms with Crippen LogP contribution in [-0.2, 0) is 15.1 Å². The summed E-state index contributed by atoms with van der Waals surface area (Å²) in [6.07, 6.45) is 0.780. The number of rotatable bonds is 7. The number of amides is 2. The smallest absolute Gasteiger partial charge is 0.410 e. The lowest BCUT2D eigenvalue weighted by Gasteiger charge is -2.37. The SMILES string of the molecule is CC(C)(C)OC(=O)N1CCC[C@@H](C(=O)Nc2nn(C(c3ccccc3)(c3ccccc3)c3ccccc3)c3ccc(-c4cc(C#N)ccc4F)cc23)C1. The highest BCUT2D eigenvalue weighted by molar-refractivity contribution is 6.02. The van der Waals surface area contributed by atoms with Gasteiger partial charge in [0.1, 0.15) is 17.0 Å². The molecule has 0 radical (unpaired) electrons. The van der Waals surface area contributed by atoms with Crippen LogP contribution in [0.1, 0.15) is 55.9 Å². The molecule has 1 aromatic heterocycles. The maximum atomic E-state index is 15.4. The topological polar surface area (TPSA) is 100 Å². The van der Waals surface area contributed by atoms with Crippen LogP contribution in [0.15, 0.2) is 127 Å². The number of carbonyl (C=O) groups excluding carboxylic acids is 2. The molecular formula is C44H40FN5O3. The van der Waals surface area contributed by atoms with E-state index in [9.17, 15) is 14.9 Å². The number of aromatic nitrogens is 2. The minimum absolute atomic E-state index is 0.207. The fourth-order valence-electron chi connectivity index (χ4n) is 7.26. The molecule has 7 rings (SSSR count). The number of nitrogens with one attached hydrogen (secondary N) is 1. The van der Waals surface area contributed by atoms with Crippen molar-refractivity contribution in [3.05, 3.63) is 155 Å². The summed E-state index contributed by atoms with van der Waals surface area (Å²) >= 11 is 0. The molecule has 0 aliphatic carbocycles. The Morgan fingerprint density at radius 3 is 2.02 bits per heavy atom. The first-order valence-corrected chi connectivity index (χ1v) is 17.8. The standard InChI is InChI=1S/C44H40FN5O3/c1-43(2,3)53-42(52)49-25-13-14-32(29-49)41(51)47-40-37-27-31(36-26-30(28-46)21-23-38(36)45)22-24-39(37)50(48-40)44(33-15-7-4-8-16-33,34-17-9-5-10-18-34)35-19-11-6-12-20-35/h4-12,15-24,26-27,32H,13-14,25,29H2,1-3H3,(H,47,48,51)/t32-/m1/s1. The average molecular weight is 706 g/mol. The van der Waals surface area contributed by atoms with Gasteiger partial charge in [0.15, 0.2) is 5.82 Å². The molecule has 53 heavy (non-hydrogen) atoms. The molecule has 0 bridgehead atoms. The molecule has 0 saturated carbocycles. The molecule has 5 aromatic carbocycles. The van der Waals surface area contributed by atoms with E-state index in [4.69, 9.17) is 9.84 Å². The number of anilines is 1. The number of likely N-dealkylation sites (tertiary alicyclic amines) is 1. The summed E-state index contributed by atoms with van der Waals surface area (Å²) < 4.78 is 22.9. The fraction of sp³-hybridized carbons (Fsp3) is 0.227. The second-order valence-corrected chi connectivity index (χ2v) is 14.4. The predicted molar refractivity (Wildman–Crippen MR) is 204 cm³/mol. The van der Waals surface area contributed by atoms with Gasteiger partial charge in [0.25, 0.3) is 0 Å². The van der Waals surface area contributed by atoms with Crippen molar-refractivity contribution in [2.75, 3.05) is 18.4 Å². The number of ether oxygens (including phenoxy) is 1. The molecule has 1 saturated heterocycles. The van der Waals surface area contributed by atoms with Crippen molar-refractivity contribution in [3.63, 3.8) is 0 Å². The Labute approximate surface area is 308 Å². The number of nitrogens with zero attached hydrogens (tertiary/aromatic N) is 4. The van der Waals surface area contributed by atoms with E-state index < -0.39 is 29.0 Å². The van der Waals surface area contributed by atoms with Gasteiger partial charge in [0.05, 0.1) is 23.1 Å². The van der Waals surface area contributed by atoms with Crippen LogP contribution in [0.5, 0.6) is 0 Å². The van der Waals surface area contributed by atoms with Crippen LogP contribution in [0.25, 0.3) is 22.0 Å². The molecule has 266 valence electrons. The van der Waals surface area contributed by atoms with Crippen molar-refractivity contribution < 1.29 is 18.7 Å². The Balaban J connectivity index is 1.42. The number of halogens is 1. The van der Waals surface area contributed by atoms with E-state index >= 15 is 4.39 Å². The largest absolute Gasteiger partial charge is 0.444 e. The van der Waals surface area contributed by atoms with E-state index in [2.05, 4.69) is 47.8 Å². The lowest BCUT2D eigenvalue weighted by molar-refractivity contribution is -0.121. The van der Waals surface area contributed by atoms with Crippen LogP contribution >= 0.6 is 0 Å². The number of fused-ring (bicyclic) bond motifs is 1. The van der Waals surface area contributed by atoms with Crippen LogP contribution in [0.2, 0.25) is 0 Å². The lowest BCUT2D eigenvalue weighted by atomic mass is 9.77. The van der Waals surface area contributed by atoms with Gasteiger partial charge < -0.3 is 15.0 Å². The first-order valence-electron chi connectivity index (χ1n) is 17.8. The first kappa shape index (κ1) is 35.1. The number of hydrogen-bond donors (Lipinski definition) is 1. The summed E-state index contributed by atoms with van der Waals surface area (Å²) in [4.78, 5) is 28.8. The minimum Gasteiger partial charge on any atom is -0.444 e. The zero-order chi connectivity index (χ0) is 37.2. The third-order valence-corrected chi connectivity index (χ3v) is 9.66. The Morgan fingerprint density at radius 1 is 0.849 bits per heavy atom. The van der Waals surface area contributed by atoms with E-state index in [1.807, 2.05) is 98.2 Å². The monoisotopic (exact) mass is 705 g/mol. The van der Waals surface area contributed by atoms with Gasteiger partial charge in [-0.05, 0) is 86.2 Å². The van der Waals surface area contributed by atoms with Gasteiger partial charge in [0, 0.05) is 24.0 Å². The van der Waals surface area contributed by atoms with Crippen LogP contribution < -0.4 is 5.32 Å². The lowest BCUT2D eigenvalue weighted by Crippen LogP contribution is -2.45. The van der Waals surface area contributed by atoms with Gasteiger partial charge in [-0.1, -0.05) is 97.1 Å². The Bertz CT molecular complexity index is 2210. The highest BCUT2D eigenvalue weighted by atomic mass is 19.1. The number of piperidine rings is 1. The molecule has 0 unspecified atom stereocenters. The Hall–Kier alpha value is -6.27. The van der Waals surface area contributed by atoms with Gasteiger partial charge in [-0.3, -0.25) is 4.79 Å². The first-order chi connectivity index (χ1) is 25.6. The molecule has 1 aliphatic heterocycles. The zero-order valence-corrected chi connectivity index (χ0v) is 29.9. The summed E-state index contributed by atoms with van der Waals surface area (Å²) in [6.45, 7) is 6.16. The fourth-order valence-corrected chi connectivity index (χ4v) is 7.26. The molecule has 1 fully saturated rings. The van der Waals surface area contributed by atoms with Crippen molar-refractivity contribution in [2.45, 2.75) is 44.8 Å². The van der Waals surface area contributed by atoms with E-state index in [-0.39, 0.29) is 18.0 Å². The molecule has 2 amide bonds. The Morgan fingerprint density at radius 2 is 1.45 bits per heavy atom. The van der Waals surface area contributed by atoms with Gasteiger partial charge in [-0.2, -0.15) is 10.4 Å². The summed E-state index contributed by atoms with van der Waals surface area (Å²) in [5.41, 5.74) is 2.97. The van der Waals surface area contributed by atoms with E-state index in [1.54, 1.807) is 4.90 Å². The van der Waals surface area contributed by atoms with E-state index in [0.717, 1.165) is 16.7 Å². The summed E-state index contributed by atoms with van der Waals surface area (Å²) in [5.74, 6) is -0.965. The number of carbonyl (C=O) groups is 2. The molecular weight excluding hydrogens is 666 g/mol. The number of nitriles is 1. The summed E-state index contributed by atoms with van der Waals surface area (Å²) in [6, 6.07) is 42.1. The molecule has 1 aliphatic rings. The average Bonchev–Trinajstić information content (AvgIpc) is 3.53. The second kappa shape index (κ2) is 14.4. The number of hydrogen-bond acceptors (Lipinski definition) is 5. The van der Waals surface area contributed by atoms with Crippen molar-refractivity contribution >= 4 is 28.7 Å². The van der Waals surface area contributed by atoms with Crippen LogP contribution in [0.3, 0.4) is 0 Å². The predicted octanol–water partition coefficient (Wildman–Crippen LogP) is 9.14. The highest BCUT2D eigenvalue weighted by Gasteiger charge is 2.41. The van der Waals surface area contributed by atoms with Crippen molar-refractivity contribution in [2.24, 2.45) is 5.92 Å². The van der Waals surface area contributed by atoms with Gasteiger partial charge in [0.2, 0.25) is 5.91 Å². The van der Waals surface area contributed by atoms with E-state index in [0.29, 0.717) is 47.2 Å². The minimum atomic E-state index is -1.00. The van der Waals surface area contributed by atoms with Crippen LogP contribution in [0.4, 0.5) is 15.0 Å². The molecule has 0 spiro atoms.